The van der Waals surface area contributed by atoms with Crippen LogP contribution >= 0.6 is 0 Å². The summed E-state index contributed by atoms with van der Waals surface area (Å²) >= 11 is 0. The summed E-state index contributed by atoms with van der Waals surface area (Å²) in [5.41, 5.74) is 0.506. The second-order valence-corrected chi connectivity index (χ2v) is 8.61. The zero-order valence-electron chi connectivity index (χ0n) is 16.6. The first-order valence-corrected chi connectivity index (χ1v) is 10.8. The topological polar surface area (TPSA) is 127 Å². The number of methoxy groups -OCH3 is 1. The predicted octanol–water partition coefficient (Wildman–Crippen LogP) is 1.57. The van der Waals surface area contributed by atoms with Gasteiger partial charge >= 0.3 is 0 Å². The summed E-state index contributed by atoms with van der Waals surface area (Å²) in [6.45, 7) is 1.04. The van der Waals surface area contributed by atoms with Crippen molar-refractivity contribution in [3.63, 3.8) is 0 Å². The first-order valence-electron chi connectivity index (χ1n) is 9.35. The molecule has 4 rings (SSSR count). The largest absolute Gasteiger partial charge is 0.495 e. The van der Waals surface area contributed by atoms with Crippen LogP contribution in [0.2, 0.25) is 0 Å². The molecule has 31 heavy (non-hydrogen) atoms. The van der Waals surface area contributed by atoms with E-state index in [0.717, 1.165) is 0 Å². The minimum Gasteiger partial charge on any atom is -0.495 e. The smallest absolute Gasteiger partial charge is 0.255 e. The number of benzene rings is 2. The maximum Gasteiger partial charge on any atom is 0.255 e. The summed E-state index contributed by atoms with van der Waals surface area (Å²) in [6.07, 6.45) is 0. The van der Waals surface area contributed by atoms with E-state index in [1.165, 1.54) is 41.7 Å². The van der Waals surface area contributed by atoms with E-state index in [-0.39, 0.29) is 47.3 Å². The molecule has 1 fully saturated rings. The minimum absolute atomic E-state index is 0.0266. The molecule has 10 nitrogen and oxygen atoms in total. The number of ether oxygens (including phenoxy) is 4. The molecule has 0 spiro atoms. The molecule has 0 radical (unpaired) electrons. The SMILES string of the molecule is COc1ccc(C(=O)Nc2cc3c(cc2C#N)OCO3)cc1S(=O)(=O)N1CCOCC1. The number of carbonyl (C=O) groups excluding carboxylic acids is 1. The Morgan fingerprint density at radius 1 is 1.16 bits per heavy atom. The zero-order valence-corrected chi connectivity index (χ0v) is 17.4. The summed E-state index contributed by atoms with van der Waals surface area (Å²) in [7, 11) is -2.53. The number of rotatable bonds is 5. The quantitative estimate of drug-likeness (QED) is 0.735. The fourth-order valence-corrected chi connectivity index (χ4v) is 4.87. The third-order valence-corrected chi connectivity index (χ3v) is 6.81. The van der Waals surface area contributed by atoms with Crippen LogP contribution in [0.4, 0.5) is 5.69 Å². The fourth-order valence-electron chi connectivity index (χ4n) is 3.28. The van der Waals surface area contributed by atoms with Crippen molar-refractivity contribution < 1.29 is 32.2 Å². The molecule has 2 heterocycles. The van der Waals surface area contributed by atoms with Crippen LogP contribution in [-0.2, 0) is 14.8 Å². The highest BCUT2D eigenvalue weighted by Crippen LogP contribution is 2.37. The van der Waals surface area contributed by atoms with Gasteiger partial charge in [0.1, 0.15) is 16.7 Å². The molecule has 162 valence electrons. The van der Waals surface area contributed by atoms with E-state index in [0.29, 0.717) is 24.7 Å². The second-order valence-electron chi connectivity index (χ2n) is 6.70. The van der Waals surface area contributed by atoms with Crippen LogP contribution in [0.1, 0.15) is 15.9 Å². The van der Waals surface area contributed by atoms with Crippen molar-refractivity contribution in [1.82, 2.24) is 4.31 Å². The van der Waals surface area contributed by atoms with E-state index >= 15 is 0 Å². The van der Waals surface area contributed by atoms with Crippen molar-refractivity contribution in [2.45, 2.75) is 4.90 Å². The number of carbonyl (C=O) groups is 1. The van der Waals surface area contributed by atoms with Crippen molar-refractivity contribution in [3.05, 3.63) is 41.5 Å². The van der Waals surface area contributed by atoms with Gasteiger partial charge in [0.2, 0.25) is 16.8 Å². The Morgan fingerprint density at radius 2 is 1.87 bits per heavy atom. The molecule has 0 unspecified atom stereocenters. The number of hydrogen-bond acceptors (Lipinski definition) is 8. The maximum absolute atomic E-state index is 13.1. The number of nitrogens with one attached hydrogen (secondary N) is 1. The Labute approximate surface area is 178 Å². The highest BCUT2D eigenvalue weighted by atomic mass is 32.2. The van der Waals surface area contributed by atoms with Crippen LogP contribution < -0.4 is 19.5 Å². The molecular formula is C20H19N3O7S. The molecule has 2 aromatic carbocycles. The van der Waals surface area contributed by atoms with Crippen molar-refractivity contribution in [2.75, 3.05) is 45.5 Å². The Hall–Kier alpha value is -3.33. The number of sulfonamides is 1. The molecule has 0 aliphatic carbocycles. The molecule has 0 bridgehead atoms. The van der Waals surface area contributed by atoms with E-state index < -0.39 is 15.9 Å². The van der Waals surface area contributed by atoms with E-state index in [2.05, 4.69) is 5.32 Å². The van der Waals surface area contributed by atoms with E-state index in [4.69, 9.17) is 18.9 Å². The fraction of sp³-hybridized carbons (Fsp3) is 0.300. The predicted molar refractivity (Wildman–Crippen MR) is 108 cm³/mol. The Balaban J connectivity index is 1.66. The molecule has 1 amide bonds. The molecule has 2 aliphatic rings. The van der Waals surface area contributed by atoms with Gasteiger partial charge in [-0.2, -0.15) is 9.57 Å². The Bertz CT molecular complexity index is 1170. The number of fused-ring (bicyclic) bond motifs is 1. The van der Waals surface area contributed by atoms with Crippen molar-refractivity contribution in [2.24, 2.45) is 0 Å². The van der Waals surface area contributed by atoms with E-state index in [9.17, 15) is 18.5 Å². The summed E-state index contributed by atoms with van der Waals surface area (Å²) in [5, 5.41) is 12.0. The van der Waals surface area contributed by atoms with Gasteiger partial charge in [-0.15, -0.1) is 0 Å². The van der Waals surface area contributed by atoms with Crippen LogP contribution in [0.5, 0.6) is 17.2 Å². The van der Waals surface area contributed by atoms with Gasteiger partial charge in [0, 0.05) is 30.8 Å². The standard InChI is InChI=1S/C20H19N3O7S/c1-27-16-3-2-13(9-19(16)31(25,26)23-4-6-28-7-5-23)20(24)22-15-10-18-17(29-12-30-18)8-14(15)11-21/h2-3,8-10H,4-7,12H2,1H3,(H,22,24). The first kappa shape index (κ1) is 20.9. The van der Waals surface area contributed by atoms with Gasteiger partial charge in [0.15, 0.2) is 11.5 Å². The average molecular weight is 445 g/mol. The molecule has 1 N–H and O–H groups in total. The molecule has 1 saturated heterocycles. The number of nitrogens with zero attached hydrogens (tertiary/aromatic N) is 2. The lowest BCUT2D eigenvalue weighted by atomic mass is 10.1. The van der Waals surface area contributed by atoms with Crippen LogP contribution in [0.3, 0.4) is 0 Å². The number of hydrogen-bond donors (Lipinski definition) is 1. The molecule has 0 aromatic heterocycles. The Morgan fingerprint density at radius 3 is 2.55 bits per heavy atom. The lowest BCUT2D eigenvalue weighted by molar-refractivity contribution is 0.0729. The summed E-state index contributed by atoms with van der Waals surface area (Å²) in [4.78, 5) is 12.8. The van der Waals surface area contributed by atoms with E-state index in [1.54, 1.807) is 0 Å². The van der Waals surface area contributed by atoms with Gasteiger partial charge in [0.05, 0.1) is 31.6 Å². The van der Waals surface area contributed by atoms with Crippen LogP contribution in [-0.4, -0.2) is 58.8 Å². The van der Waals surface area contributed by atoms with Crippen molar-refractivity contribution in [1.29, 1.82) is 5.26 Å². The molecule has 0 saturated carbocycles. The molecule has 2 aliphatic heterocycles. The van der Waals surface area contributed by atoms with Gasteiger partial charge in [-0.3, -0.25) is 4.79 Å². The second kappa shape index (κ2) is 8.43. The normalized spacial score (nSPS) is 15.9. The lowest BCUT2D eigenvalue weighted by Gasteiger charge is -2.26. The molecular weight excluding hydrogens is 426 g/mol. The summed E-state index contributed by atoms with van der Waals surface area (Å²) < 4.78 is 48.5. The Kier molecular flexibility index (Phi) is 5.69. The molecule has 11 heteroatoms. The van der Waals surface area contributed by atoms with Crippen molar-refractivity contribution >= 4 is 21.6 Å². The number of nitriles is 1. The lowest BCUT2D eigenvalue weighted by Crippen LogP contribution is -2.40. The van der Waals surface area contributed by atoms with Crippen LogP contribution in [0.25, 0.3) is 0 Å². The molecule has 2 aromatic rings. The van der Waals surface area contributed by atoms with Gasteiger partial charge < -0.3 is 24.3 Å². The van der Waals surface area contributed by atoms with Crippen molar-refractivity contribution in [3.8, 4) is 23.3 Å². The third-order valence-electron chi connectivity index (χ3n) is 4.90. The number of morpholine rings is 1. The monoisotopic (exact) mass is 445 g/mol. The van der Waals surface area contributed by atoms with Crippen LogP contribution in [0.15, 0.2) is 35.2 Å². The summed E-state index contributed by atoms with van der Waals surface area (Å²) in [5.74, 6) is 0.359. The number of anilines is 1. The zero-order chi connectivity index (χ0) is 22.0. The van der Waals surface area contributed by atoms with Gasteiger partial charge in [0.25, 0.3) is 5.91 Å². The molecule has 0 atom stereocenters. The maximum atomic E-state index is 13.1. The average Bonchev–Trinajstić information content (AvgIpc) is 3.25. The highest BCUT2D eigenvalue weighted by molar-refractivity contribution is 7.89. The number of amides is 1. The van der Waals surface area contributed by atoms with Gasteiger partial charge in [-0.25, -0.2) is 8.42 Å². The minimum atomic E-state index is -3.90. The van der Waals surface area contributed by atoms with Crippen LogP contribution in [0, 0.1) is 11.3 Å². The first-order chi connectivity index (χ1) is 14.9. The third kappa shape index (κ3) is 4.00. The van der Waals surface area contributed by atoms with Gasteiger partial charge in [-0.05, 0) is 18.2 Å². The highest BCUT2D eigenvalue weighted by Gasteiger charge is 2.30. The summed E-state index contributed by atoms with van der Waals surface area (Å²) in [6, 6.07) is 9.10. The van der Waals surface area contributed by atoms with E-state index in [1.807, 2.05) is 6.07 Å². The van der Waals surface area contributed by atoms with Gasteiger partial charge in [-0.1, -0.05) is 0 Å².